The molecular weight excluding hydrogens is 439 g/mol. The molecule has 10 heteroatoms. The van der Waals surface area contributed by atoms with E-state index in [4.69, 9.17) is 4.74 Å². The minimum absolute atomic E-state index is 0.127. The van der Waals surface area contributed by atoms with Crippen molar-refractivity contribution in [1.82, 2.24) is 4.31 Å². The number of nitrogens with zero attached hydrogens (tertiary/aromatic N) is 1. The number of anilines is 1. The van der Waals surface area contributed by atoms with E-state index in [-0.39, 0.29) is 23.8 Å². The monoisotopic (exact) mass is 464 g/mol. The highest BCUT2D eigenvalue weighted by Gasteiger charge is 2.26. The summed E-state index contributed by atoms with van der Waals surface area (Å²) in [5, 5.41) is 2.52. The molecule has 0 spiro atoms. The molecule has 0 heterocycles. The van der Waals surface area contributed by atoms with Crippen LogP contribution in [0.25, 0.3) is 0 Å². The fourth-order valence-electron chi connectivity index (χ4n) is 2.84. The van der Waals surface area contributed by atoms with Gasteiger partial charge in [0.25, 0.3) is 5.91 Å². The van der Waals surface area contributed by atoms with Gasteiger partial charge >= 0.3 is 5.97 Å². The number of hydrogen-bond donors (Lipinski definition) is 1. The Kier molecular flexibility index (Phi) is 8.23. The zero-order valence-electron chi connectivity index (χ0n) is 18.2. The number of rotatable bonds is 9. The molecule has 1 unspecified atom stereocenters. The predicted octanol–water partition coefficient (Wildman–Crippen LogP) is 3.24. The molecule has 0 radical (unpaired) electrons. The number of sulfonamides is 1. The highest BCUT2D eigenvalue weighted by atomic mass is 32.2. The number of benzene rings is 2. The zero-order valence-corrected chi connectivity index (χ0v) is 19.0. The van der Waals surface area contributed by atoms with Crippen molar-refractivity contribution in [2.75, 3.05) is 18.4 Å². The number of ether oxygens (including phenoxy) is 1. The van der Waals surface area contributed by atoms with Crippen LogP contribution in [0.3, 0.4) is 0 Å². The molecule has 0 aliphatic rings. The van der Waals surface area contributed by atoms with E-state index >= 15 is 0 Å². The van der Waals surface area contributed by atoms with Crippen LogP contribution in [0.15, 0.2) is 47.4 Å². The van der Waals surface area contributed by atoms with Gasteiger partial charge in [-0.1, -0.05) is 13.8 Å². The molecule has 8 nitrogen and oxygen atoms in total. The molecular formula is C22H25FN2O6S. The summed E-state index contributed by atoms with van der Waals surface area (Å²) in [5.74, 6) is -2.95. The molecule has 172 valence electrons. The van der Waals surface area contributed by atoms with Crippen molar-refractivity contribution in [1.29, 1.82) is 0 Å². The second kappa shape index (κ2) is 10.5. The lowest BCUT2D eigenvalue weighted by Crippen LogP contribution is -2.31. The highest BCUT2D eigenvalue weighted by molar-refractivity contribution is 7.89. The number of ketones is 1. The largest absolute Gasteiger partial charge is 0.449 e. The smallest absolute Gasteiger partial charge is 0.341 e. The van der Waals surface area contributed by atoms with E-state index in [1.807, 2.05) is 0 Å². The molecule has 2 aromatic rings. The molecule has 1 atom stereocenters. The van der Waals surface area contributed by atoms with Gasteiger partial charge in [0, 0.05) is 24.3 Å². The highest BCUT2D eigenvalue weighted by Crippen LogP contribution is 2.20. The second-order valence-electron chi connectivity index (χ2n) is 6.90. The van der Waals surface area contributed by atoms with Crippen molar-refractivity contribution in [2.24, 2.45) is 0 Å². The van der Waals surface area contributed by atoms with Crippen LogP contribution in [0.1, 0.15) is 48.4 Å². The van der Waals surface area contributed by atoms with Crippen LogP contribution < -0.4 is 5.32 Å². The van der Waals surface area contributed by atoms with Crippen molar-refractivity contribution >= 4 is 33.4 Å². The van der Waals surface area contributed by atoms with Crippen LogP contribution in [0.4, 0.5) is 10.1 Å². The molecule has 0 aliphatic heterocycles. The van der Waals surface area contributed by atoms with Gasteiger partial charge in [-0.05, 0) is 56.3 Å². The summed E-state index contributed by atoms with van der Waals surface area (Å²) in [6, 6.07) is 8.94. The molecule has 0 aliphatic carbocycles. The van der Waals surface area contributed by atoms with Gasteiger partial charge < -0.3 is 10.1 Å². The molecule has 0 aromatic heterocycles. The van der Waals surface area contributed by atoms with Crippen LogP contribution in [0.2, 0.25) is 0 Å². The maximum Gasteiger partial charge on any atom is 0.341 e. The number of nitrogens with one attached hydrogen (secondary N) is 1. The third-order valence-corrected chi connectivity index (χ3v) is 6.76. The molecule has 1 N–H and O–H groups in total. The van der Waals surface area contributed by atoms with Gasteiger partial charge in [-0.3, -0.25) is 9.59 Å². The first kappa shape index (κ1) is 25.2. The van der Waals surface area contributed by atoms with E-state index in [9.17, 15) is 27.2 Å². The first-order valence-electron chi connectivity index (χ1n) is 9.93. The molecule has 0 saturated heterocycles. The summed E-state index contributed by atoms with van der Waals surface area (Å²) >= 11 is 0. The Hall–Kier alpha value is -3.11. The Morgan fingerprint density at radius 3 is 2.19 bits per heavy atom. The lowest BCUT2D eigenvalue weighted by molar-refractivity contribution is -0.123. The molecule has 2 rings (SSSR count). The fourth-order valence-corrected chi connectivity index (χ4v) is 4.33. The van der Waals surface area contributed by atoms with Gasteiger partial charge in [-0.2, -0.15) is 4.31 Å². The summed E-state index contributed by atoms with van der Waals surface area (Å²) in [6.45, 7) is 6.45. The Labute approximate surface area is 186 Å². The molecule has 0 fully saturated rings. The van der Waals surface area contributed by atoms with Crippen LogP contribution in [0.5, 0.6) is 0 Å². The average Bonchev–Trinajstić information content (AvgIpc) is 2.74. The summed E-state index contributed by atoms with van der Waals surface area (Å²) in [7, 11) is -3.91. The van der Waals surface area contributed by atoms with Crippen molar-refractivity contribution in [2.45, 2.75) is 38.7 Å². The van der Waals surface area contributed by atoms with Crippen molar-refractivity contribution < 1.29 is 31.9 Å². The summed E-state index contributed by atoms with van der Waals surface area (Å²) < 4.78 is 45.7. The molecule has 32 heavy (non-hydrogen) atoms. The zero-order chi connectivity index (χ0) is 24.1. The minimum atomic E-state index is -3.91. The topological polar surface area (TPSA) is 110 Å². The Bertz CT molecular complexity index is 1110. The predicted molar refractivity (Wildman–Crippen MR) is 116 cm³/mol. The Morgan fingerprint density at radius 1 is 1.06 bits per heavy atom. The Morgan fingerprint density at radius 2 is 1.66 bits per heavy atom. The van der Waals surface area contributed by atoms with Crippen LogP contribution in [-0.2, 0) is 19.6 Å². The Balaban J connectivity index is 2.15. The van der Waals surface area contributed by atoms with E-state index in [0.29, 0.717) is 11.3 Å². The van der Waals surface area contributed by atoms with E-state index in [1.54, 1.807) is 13.8 Å². The summed E-state index contributed by atoms with van der Waals surface area (Å²) in [6.07, 6.45) is -1.29. The van der Waals surface area contributed by atoms with Gasteiger partial charge in [0.05, 0.1) is 10.5 Å². The SMILES string of the molecule is CCN(CC)S(=O)(=O)c1ccc(F)c(C(=O)OC(C)C(=O)Nc2ccc(C(C)=O)cc2)c1. The maximum absolute atomic E-state index is 14.2. The van der Waals surface area contributed by atoms with E-state index < -0.39 is 39.4 Å². The van der Waals surface area contributed by atoms with Crippen molar-refractivity contribution in [3.05, 3.63) is 59.4 Å². The van der Waals surface area contributed by atoms with Gasteiger partial charge in [0.15, 0.2) is 11.9 Å². The third-order valence-electron chi connectivity index (χ3n) is 4.71. The van der Waals surface area contributed by atoms with Gasteiger partial charge in [-0.25, -0.2) is 17.6 Å². The molecule has 1 amide bonds. The number of Topliss-reactive ketones (excluding diaryl/α,β-unsaturated/α-hetero) is 1. The first-order valence-corrected chi connectivity index (χ1v) is 11.4. The van der Waals surface area contributed by atoms with Gasteiger partial charge in [0.1, 0.15) is 5.82 Å². The number of amides is 1. The van der Waals surface area contributed by atoms with Crippen LogP contribution in [0, 0.1) is 5.82 Å². The quantitative estimate of drug-likeness (QED) is 0.451. The molecule has 2 aromatic carbocycles. The van der Waals surface area contributed by atoms with E-state index in [1.165, 1.54) is 42.4 Å². The van der Waals surface area contributed by atoms with Gasteiger partial charge in [-0.15, -0.1) is 0 Å². The number of hydrogen-bond acceptors (Lipinski definition) is 6. The summed E-state index contributed by atoms with van der Waals surface area (Å²) in [4.78, 5) is 35.8. The average molecular weight is 465 g/mol. The van der Waals surface area contributed by atoms with Crippen molar-refractivity contribution in [3.8, 4) is 0 Å². The number of halogens is 1. The fraction of sp³-hybridized carbons (Fsp3) is 0.318. The maximum atomic E-state index is 14.2. The number of esters is 1. The lowest BCUT2D eigenvalue weighted by atomic mass is 10.1. The van der Waals surface area contributed by atoms with Crippen LogP contribution >= 0.6 is 0 Å². The van der Waals surface area contributed by atoms with Crippen LogP contribution in [-0.4, -0.2) is 49.6 Å². The lowest BCUT2D eigenvalue weighted by Gasteiger charge is -2.19. The molecule has 0 bridgehead atoms. The number of carbonyl (C=O) groups is 3. The van der Waals surface area contributed by atoms with E-state index in [0.717, 1.165) is 18.2 Å². The normalized spacial score (nSPS) is 12.3. The van der Waals surface area contributed by atoms with E-state index in [2.05, 4.69) is 5.32 Å². The second-order valence-corrected chi connectivity index (χ2v) is 8.84. The minimum Gasteiger partial charge on any atom is -0.449 e. The van der Waals surface area contributed by atoms with Crippen molar-refractivity contribution in [3.63, 3.8) is 0 Å². The summed E-state index contributed by atoms with van der Waals surface area (Å²) in [5.41, 5.74) is 0.252. The first-order chi connectivity index (χ1) is 15.0. The third kappa shape index (κ3) is 5.77. The van der Waals surface area contributed by atoms with Gasteiger partial charge in [0.2, 0.25) is 10.0 Å². The standard InChI is InChI=1S/C22H25FN2O6S/c1-5-25(6-2)32(29,30)18-11-12-20(23)19(13-18)22(28)31-15(4)21(27)24-17-9-7-16(8-10-17)14(3)26/h7-13,15H,5-6H2,1-4H3,(H,24,27). The number of carbonyl (C=O) groups excluding carboxylic acids is 3. The molecule has 0 saturated carbocycles.